The summed E-state index contributed by atoms with van der Waals surface area (Å²) >= 11 is 0. The molecule has 1 N–H and O–H groups in total. The van der Waals surface area contributed by atoms with Gasteiger partial charge in [0.15, 0.2) is 0 Å². The first-order valence-corrected chi connectivity index (χ1v) is 8.84. The minimum absolute atomic E-state index is 0. The van der Waals surface area contributed by atoms with E-state index in [1.54, 1.807) is 7.11 Å². The molecule has 0 bridgehead atoms. The van der Waals surface area contributed by atoms with Gasteiger partial charge in [-0.3, -0.25) is 4.90 Å². The molecular weight excluding hydrogens is 355 g/mol. The number of ether oxygens (including phenoxy) is 1. The Kier molecular flexibility index (Phi) is 9.58. The van der Waals surface area contributed by atoms with Gasteiger partial charge in [0, 0.05) is 32.2 Å². The first-order chi connectivity index (χ1) is 11.3. The molecule has 3 nitrogen and oxygen atoms in total. The van der Waals surface area contributed by atoms with Crippen LogP contribution in [0.1, 0.15) is 37.8 Å². The summed E-state index contributed by atoms with van der Waals surface area (Å²) in [5, 5.41) is 6.02. The lowest BCUT2D eigenvalue weighted by Crippen LogP contribution is -2.45. The van der Waals surface area contributed by atoms with Crippen molar-refractivity contribution in [2.75, 3.05) is 33.3 Å². The van der Waals surface area contributed by atoms with E-state index in [9.17, 15) is 0 Å². The fourth-order valence-corrected chi connectivity index (χ4v) is 3.53. The lowest BCUT2D eigenvalue weighted by Gasteiger charge is -2.35. The average Bonchev–Trinajstić information content (AvgIpc) is 2.62. The fourth-order valence-electron chi connectivity index (χ4n) is 3.53. The van der Waals surface area contributed by atoms with Crippen LogP contribution in [-0.4, -0.2) is 38.2 Å². The Morgan fingerprint density at radius 3 is 2.40 bits per heavy atom. The SMILES string of the molecule is CCCC[C@H](c1ccc2cc(OC)ccc2c1)N1CCNCC1.Cl.Cl. The van der Waals surface area contributed by atoms with Crippen molar-refractivity contribution in [2.45, 2.75) is 32.2 Å². The second-order valence-corrected chi connectivity index (χ2v) is 6.42. The van der Waals surface area contributed by atoms with Gasteiger partial charge in [0.05, 0.1) is 7.11 Å². The van der Waals surface area contributed by atoms with E-state index in [1.165, 1.54) is 35.6 Å². The number of hydrogen-bond donors (Lipinski definition) is 1. The van der Waals surface area contributed by atoms with E-state index in [2.05, 4.69) is 53.5 Å². The van der Waals surface area contributed by atoms with Gasteiger partial charge in [-0.2, -0.15) is 0 Å². The lowest BCUT2D eigenvalue weighted by atomic mass is 9.96. The first-order valence-electron chi connectivity index (χ1n) is 8.84. The molecular formula is C20H30Cl2N2O. The van der Waals surface area contributed by atoms with E-state index in [4.69, 9.17) is 4.74 Å². The zero-order valence-corrected chi connectivity index (χ0v) is 16.8. The highest BCUT2D eigenvalue weighted by atomic mass is 35.5. The molecule has 25 heavy (non-hydrogen) atoms. The number of hydrogen-bond acceptors (Lipinski definition) is 3. The normalized spacial score (nSPS) is 15.9. The number of fused-ring (bicyclic) bond motifs is 1. The fraction of sp³-hybridized carbons (Fsp3) is 0.500. The maximum absolute atomic E-state index is 5.33. The van der Waals surface area contributed by atoms with Crippen LogP contribution in [0.3, 0.4) is 0 Å². The maximum Gasteiger partial charge on any atom is 0.119 e. The van der Waals surface area contributed by atoms with Gasteiger partial charge in [-0.1, -0.05) is 38.0 Å². The molecule has 1 heterocycles. The highest BCUT2D eigenvalue weighted by molar-refractivity contribution is 5.86. The predicted octanol–water partition coefficient (Wildman–Crippen LogP) is 4.83. The van der Waals surface area contributed by atoms with Gasteiger partial charge in [0.25, 0.3) is 0 Å². The molecule has 5 heteroatoms. The average molecular weight is 385 g/mol. The first kappa shape index (κ1) is 22.0. The van der Waals surface area contributed by atoms with Crippen LogP contribution in [0.2, 0.25) is 0 Å². The molecule has 0 aromatic heterocycles. The number of benzene rings is 2. The van der Waals surface area contributed by atoms with Crippen molar-refractivity contribution in [1.82, 2.24) is 10.2 Å². The number of halogens is 2. The zero-order chi connectivity index (χ0) is 16.1. The van der Waals surface area contributed by atoms with Crippen molar-refractivity contribution in [3.63, 3.8) is 0 Å². The topological polar surface area (TPSA) is 24.5 Å². The third-order valence-corrected chi connectivity index (χ3v) is 4.88. The second-order valence-electron chi connectivity index (χ2n) is 6.42. The van der Waals surface area contributed by atoms with E-state index >= 15 is 0 Å². The molecule has 1 saturated heterocycles. The Hall–Kier alpha value is -1.000. The highest BCUT2D eigenvalue weighted by Crippen LogP contribution is 2.30. The van der Waals surface area contributed by atoms with Gasteiger partial charge in [0.2, 0.25) is 0 Å². The maximum atomic E-state index is 5.33. The van der Waals surface area contributed by atoms with Crippen LogP contribution in [0, 0.1) is 0 Å². The van der Waals surface area contributed by atoms with E-state index < -0.39 is 0 Å². The number of unbranched alkanes of at least 4 members (excludes halogenated alkanes) is 1. The minimum Gasteiger partial charge on any atom is -0.497 e. The van der Waals surface area contributed by atoms with Crippen molar-refractivity contribution in [1.29, 1.82) is 0 Å². The minimum atomic E-state index is 0. The van der Waals surface area contributed by atoms with Gasteiger partial charge in [0.1, 0.15) is 5.75 Å². The summed E-state index contributed by atoms with van der Waals surface area (Å²) < 4.78 is 5.33. The van der Waals surface area contributed by atoms with Gasteiger partial charge >= 0.3 is 0 Å². The molecule has 0 spiro atoms. The van der Waals surface area contributed by atoms with Crippen molar-refractivity contribution < 1.29 is 4.74 Å². The smallest absolute Gasteiger partial charge is 0.119 e. The van der Waals surface area contributed by atoms with Crippen LogP contribution in [0.25, 0.3) is 10.8 Å². The third-order valence-electron chi connectivity index (χ3n) is 4.88. The molecule has 0 amide bonds. The summed E-state index contributed by atoms with van der Waals surface area (Å²) in [6.45, 7) is 6.78. The quantitative estimate of drug-likeness (QED) is 0.771. The summed E-state index contributed by atoms with van der Waals surface area (Å²) in [6, 6.07) is 13.8. The standard InChI is InChI=1S/C20H28N2O.2ClH/c1-3-4-5-20(22-12-10-21-11-13-22)18-7-6-17-15-19(23-2)9-8-16(17)14-18;;/h6-9,14-15,20-21H,3-5,10-13H2,1-2H3;2*1H/t20-;;/m1../s1. The Balaban J connectivity index is 0.00000156. The monoisotopic (exact) mass is 384 g/mol. The molecule has 0 saturated carbocycles. The molecule has 1 fully saturated rings. The Morgan fingerprint density at radius 1 is 1.04 bits per heavy atom. The van der Waals surface area contributed by atoms with Crippen molar-refractivity contribution in [3.8, 4) is 5.75 Å². The molecule has 1 atom stereocenters. The van der Waals surface area contributed by atoms with E-state index in [0.717, 1.165) is 31.9 Å². The summed E-state index contributed by atoms with van der Waals surface area (Å²) in [4.78, 5) is 2.65. The van der Waals surface area contributed by atoms with Crippen LogP contribution in [0.4, 0.5) is 0 Å². The number of nitrogens with zero attached hydrogens (tertiary/aromatic N) is 1. The highest BCUT2D eigenvalue weighted by Gasteiger charge is 2.21. The van der Waals surface area contributed by atoms with Crippen LogP contribution < -0.4 is 10.1 Å². The van der Waals surface area contributed by atoms with Crippen LogP contribution in [0.15, 0.2) is 36.4 Å². The summed E-state index contributed by atoms with van der Waals surface area (Å²) in [5.41, 5.74) is 1.46. The van der Waals surface area contributed by atoms with Gasteiger partial charge in [-0.25, -0.2) is 0 Å². The van der Waals surface area contributed by atoms with Crippen molar-refractivity contribution in [3.05, 3.63) is 42.0 Å². The molecule has 2 aromatic carbocycles. The predicted molar refractivity (Wildman–Crippen MR) is 112 cm³/mol. The Bertz CT molecular complexity index is 645. The van der Waals surface area contributed by atoms with E-state index in [-0.39, 0.29) is 24.8 Å². The molecule has 0 radical (unpaired) electrons. The van der Waals surface area contributed by atoms with Crippen LogP contribution >= 0.6 is 24.8 Å². The lowest BCUT2D eigenvalue weighted by molar-refractivity contribution is 0.163. The number of methoxy groups -OCH3 is 1. The summed E-state index contributed by atoms with van der Waals surface area (Å²) in [7, 11) is 1.72. The summed E-state index contributed by atoms with van der Waals surface area (Å²) in [6.07, 6.45) is 3.79. The second kappa shape index (κ2) is 10.9. The molecule has 3 rings (SSSR count). The summed E-state index contributed by atoms with van der Waals surface area (Å²) in [5.74, 6) is 0.926. The van der Waals surface area contributed by atoms with E-state index in [0.29, 0.717) is 6.04 Å². The molecule has 1 aliphatic heterocycles. The van der Waals surface area contributed by atoms with E-state index in [1.807, 2.05) is 0 Å². The van der Waals surface area contributed by atoms with Gasteiger partial charge < -0.3 is 10.1 Å². The largest absolute Gasteiger partial charge is 0.497 e. The number of nitrogens with one attached hydrogen (secondary N) is 1. The van der Waals surface area contributed by atoms with Crippen LogP contribution in [-0.2, 0) is 0 Å². The molecule has 140 valence electrons. The molecule has 0 unspecified atom stereocenters. The molecule has 2 aromatic rings. The Morgan fingerprint density at radius 2 is 1.72 bits per heavy atom. The zero-order valence-electron chi connectivity index (χ0n) is 15.2. The number of piperazine rings is 1. The van der Waals surface area contributed by atoms with Gasteiger partial charge in [-0.15, -0.1) is 24.8 Å². The molecule has 1 aliphatic rings. The van der Waals surface area contributed by atoms with Crippen molar-refractivity contribution >= 4 is 35.6 Å². The van der Waals surface area contributed by atoms with Crippen molar-refractivity contribution in [2.24, 2.45) is 0 Å². The molecule has 0 aliphatic carbocycles. The number of rotatable bonds is 6. The van der Waals surface area contributed by atoms with Crippen LogP contribution in [0.5, 0.6) is 5.75 Å². The third kappa shape index (κ3) is 5.49. The van der Waals surface area contributed by atoms with Gasteiger partial charge in [-0.05, 0) is 41.0 Å². The Labute approximate surface area is 163 Å².